The van der Waals surface area contributed by atoms with Gasteiger partial charge in [-0.25, -0.2) is 10.4 Å². The molecule has 1 heterocycles. The second-order valence-corrected chi connectivity index (χ2v) is 6.34. The SMILES string of the molecule is CCCCOc1ccc(C=NNc2oc(C(CC)CC)nc2C#N)cc1OC. The van der Waals surface area contributed by atoms with E-state index in [1.807, 2.05) is 24.3 Å². The largest absolute Gasteiger partial charge is 0.493 e. The third kappa shape index (κ3) is 5.49. The molecule has 0 aliphatic rings. The lowest BCUT2D eigenvalue weighted by molar-refractivity contribution is 0.288. The molecule has 0 bridgehead atoms. The fraction of sp³-hybridized carbons (Fsp3) is 0.476. The van der Waals surface area contributed by atoms with E-state index in [1.165, 1.54) is 0 Å². The summed E-state index contributed by atoms with van der Waals surface area (Å²) >= 11 is 0. The van der Waals surface area contributed by atoms with Gasteiger partial charge in [-0.05, 0) is 43.0 Å². The molecule has 0 amide bonds. The highest BCUT2D eigenvalue weighted by atomic mass is 16.5. The van der Waals surface area contributed by atoms with Crippen LogP contribution in [0.1, 0.15) is 69.5 Å². The fourth-order valence-corrected chi connectivity index (χ4v) is 2.68. The van der Waals surface area contributed by atoms with E-state index < -0.39 is 0 Å². The van der Waals surface area contributed by atoms with Gasteiger partial charge in [0.15, 0.2) is 11.5 Å². The first-order chi connectivity index (χ1) is 13.7. The van der Waals surface area contributed by atoms with Gasteiger partial charge in [0.1, 0.15) is 6.07 Å². The minimum atomic E-state index is 0.191. The number of nitrogens with zero attached hydrogens (tertiary/aromatic N) is 3. The lowest BCUT2D eigenvalue weighted by atomic mass is 10.0. The number of nitriles is 1. The van der Waals surface area contributed by atoms with Crippen molar-refractivity contribution in [2.75, 3.05) is 19.1 Å². The van der Waals surface area contributed by atoms with E-state index >= 15 is 0 Å². The van der Waals surface area contributed by atoms with Gasteiger partial charge in [-0.1, -0.05) is 27.2 Å². The molecule has 2 aromatic rings. The third-order valence-electron chi connectivity index (χ3n) is 4.41. The highest BCUT2D eigenvalue weighted by Crippen LogP contribution is 2.28. The van der Waals surface area contributed by atoms with Gasteiger partial charge in [-0.3, -0.25) is 0 Å². The van der Waals surface area contributed by atoms with Crippen LogP contribution >= 0.6 is 0 Å². The minimum Gasteiger partial charge on any atom is -0.493 e. The summed E-state index contributed by atoms with van der Waals surface area (Å²) in [6.45, 7) is 6.91. The van der Waals surface area contributed by atoms with Crippen molar-refractivity contribution in [1.29, 1.82) is 5.26 Å². The van der Waals surface area contributed by atoms with Crippen LogP contribution in [0, 0.1) is 11.3 Å². The van der Waals surface area contributed by atoms with Crippen molar-refractivity contribution >= 4 is 12.1 Å². The minimum absolute atomic E-state index is 0.191. The number of anilines is 1. The van der Waals surface area contributed by atoms with Crippen LogP contribution in [0.5, 0.6) is 11.5 Å². The molecule has 0 aliphatic carbocycles. The average molecular weight is 384 g/mol. The van der Waals surface area contributed by atoms with Crippen LogP contribution in [0.2, 0.25) is 0 Å². The molecule has 0 unspecified atom stereocenters. The van der Waals surface area contributed by atoms with E-state index in [0.717, 1.165) is 31.2 Å². The molecular formula is C21H28N4O3. The predicted molar refractivity (Wildman–Crippen MR) is 109 cm³/mol. The van der Waals surface area contributed by atoms with Crippen molar-refractivity contribution in [3.05, 3.63) is 35.3 Å². The maximum absolute atomic E-state index is 9.27. The van der Waals surface area contributed by atoms with E-state index in [2.05, 4.69) is 36.3 Å². The number of methoxy groups -OCH3 is 1. The number of rotatable bonds is 11. The van der Waals surface area contributed by atoms with Crippen LogP contribution in [0.25, 0.3) is 0 Å². The summed E-state index contributed by atoms with van der Waals surface area (Å²) in [6, 6.07) is 7.62. The second kappa shape index (κ2) is 11.0. The number of aromatic nitrogens is 1. The quantitative estimate of drug-likeness (QED) is 0.330. The molecule has 0 spiro atoms. The van der Waals surface area contributed by atoms with E-state index in [9.17, 15) is 5.26 Å². The zero-order valence-electron chi connectivity index (χ0n) is 17.0. The number of hydrazone groups is 1. The van der Waals surface area contributed by atoms with Gasteiger partial charge < -0.3 is 13.9 Å². The Bertz CT molecular complexity index is 820. The summed E-state index contributed by atoms with van der Waals surface area (Å²) in [7, 11) is 1.61. The lowest BCUT2D eigenvalue weighted by Gasteiger charge is -2.10. The lowest BCUT2D eigenvalue weighted by Crippen LogP contribution is -1.99. The van der Waals surface area contributed by atoms with E-state index in [-0.39, 0.29) is 17.5 Å². The molecule has 2 rings (SSSR count). The molecule has 0 saturated heterocycles. The molecule has 1 aromatic heterocycles. The van der Waals surface area contributed by atoms with Gasteiger partial charge in [0.2, 0.25) is 11.6 Å². The van der Waals surface area contributed by atoms with Gasteiger partial charge in [0.25, 0.3) is 5.88 Å². The predicted octanol–water partition coefficient (Wildman–Crippen LogP) is 5.08. The molecular weight excluding hydrogens is 356 g/mol. The number of benzene rings is 1. The van der Waals surface area contributed by atoms with Crippen molar-refractivity contribution < 1.29 is 13.9 Å². The first-order valence-corrected chi connectivity index (χ1v) is 9.67. The maximum atomic E-state index is 9.27. The Labute approximate surface area is 166 Å². The fourth-order valence-electron chi connectivity index (χ4n) is 2.68. The van der Waals surface area contributed by atoms with Crippen LogP contribution in [0.4, 0.5) is 5.88 Å². The molecule has 7 heteroatoms. The van der Waals surface area contributed by atoms with Crippen LogP contribution in [-0.2, 0) is 0 Å². The van der Waals surface area contributed by atoms with E-state index in [1.54, 1.807) is 13.3 Å². The van der Waals surface area contributed by atoms with Crippen LogP contribution < -0.4 is 14.9 Å². The van der Waals surface area contributed by atoms with Crippen LogP contribution in [-0.4, -0.2) is 24.9 Å². The molecule has 0 fully saturated rings. The topological polar surface area (TPSA) is 92.7 Å². The normalized spacial score (nSPS) is 11.0. The van der Waals surface area contributed by atoms with Gasteiger partial charge in [0, 0.05) is 5.92 Å². The monoisotopic (exact) mass is 384 g/mol. The highest BCUT2D eigenvalue weighted by Gasteiger charge is 2.18. The third-order valence-corrected chi connectivity index (χ3v) is 4.41. The molecule has 1 N–H and O–H groups in total. The summed E-state index contributed by atoms with van der Waals surface area (Å²) in [5.74, 6) is 2.36. The van der Waals surface area contributed by atoms with E-state index in [4.69, 9.17) is 13.9 Å². The Morgan fingerprint density at radius 1 is 1.29 bits per heavy atom. The summed E-state index contributed by atoms with van der Waals surface area (Å²) < 4.78 is 16.8. The molecule has 0 aliphatic heterocycles. The molecule has 0 atom stereocenters. The summed E-state index contributed by atoms with van der Waals surface area (Å²) in [5, 5.41) is 13.4. The van der Waals surface area contributed by atoms with E-state index in [0.29, 0.717) is 24.0 Å². The van der Waals surface area contributed by atoms with Crippen molar-refractivity contribution in [1.82, 2.24) is 4.98 Å². The Hall–Kier alpha value is -3.01. The molecule has 150 valence electrons. The second-order valence-electron chi connectivity index (χ2n) is 6.34. The van der Waals surface area contributed by atoms with Gasteiger partial charge >= 0.3 is 0 Å². The van der Waals surface area contributed by atoms with Crippen molar-refractivity contribution in [2.45, 2.75) is 52.4 Å². The zero-order valence-corrected chi connectivity index (χ0v) is 17.0. The van der Waals surface area contributed by atoms with Crippen LogP contribution in [0.3, 0.4) is 0 Å². The Morgan fingerprint density at radius 3 is 2.71 bits per heavy atom. The molecule has 0 saturated carbocycles. The molecule has 7 nitrogen and oxygen atoms in total. The molecule has 1 aromatic carbocycles. The van der Waals surface area contributed by atoms with Gasteiger partial charge in [-0.15, -0.1) is 0 Å². The summed E-state index contributed by atoms with van der Waals surface area (Å²) in [4.78, 5) is 4.27. The number of hydrogen-bond donors (Lipinski definition) is 1. The van der Waals surface area contributed by atoms with Gasteiger partial charge in [0.05, 0.1) is 19.9 Å². The maximum Gasteiger partial charge on any atom is 0.252 e. The number of nitrogens with one attached hydrogen (secondary N) is 1. The molecule has 28 heavy (non-hydrogen) atoms. The summed E-state index contributed by atoms with van der Waals surface area (Å²) in [6.07, 6.45) is 5.49. The number of ether oxygens (including phenoxy) is 2. The summed E-state index contributed by atoms with van der Waals surface area (Å²) in [5.41, 5.74) is 3.81. The van der Waals surface area contributed by atoms with Gasteiger partial charge in [-0.2, -0.15) is 10.4 Å². The smallest absolute Gasteiger partial charge is 0.252 e. The number of oxazole rings is 1. The first kappa shape index (κ1) is 21.3. The number of unbranched alkanes of at least 4 members (excludes halogenated alkanes) is 1. The standard InChI is InChI=1S/C21H28N4O3/c1-5-8-11-27-18-10-9-15(12-19(18)26-4)14-23-25-21-17(13-22)24-20(28-21)16(6-2)7-3/h9-10,12,14,16,25H,5-8,11H2,1-4H3. The van der Waals surface area contributed by atoms with Crippen LogP contribution in [0.15, 0.2) is 27.7 Å². The Balaban J connectivity index is 2.09. The zero-order chi connectivity index (χ0) is 20.4. The van der Waals surface area contributed by atoms with Crippen molar-refractivity contribution in [3.8, 4) is 17.6 Å². The Morgan fingerprint density at radius 2 is 2.07 bits per heavy atom. The highest BCUT2D eigenvalue weighted by molar-refractivity contribution is 5.81. The van der Waals surface area contributed by atoms with Crippen molar-refractivity contribution in [3.63, 3.8) is 0 Å². The molecule has 0 radical (unpaired) electrons. The first-order valence-electron chi connectivity index (χ1n) is 9.67. The Kier molecular flexibility index (Phi) is 8.35. The average Bonchev–Trinajstić information content (AvgIpc) is 3.12. The van der Waals surface area contributed by atoms with Crippen molar-refractivity contribution in [2.24, 2.45) is 5.10 Å². The number of hydrogen-bond acceptors (Lipinski definition) is 7.